The highest BCUT2D eigenvalue weighted by Crippen LogP contribution is 2.76. The first-order chi connectivity index (χ1) is 17.5. The summed E-state index contributed by atoms with van der Waals surface area (Å²) in [4.78, 5) is 43.6. The second kappa shape index (κ2) is 8.37. The second-order valence-corrected chi connectivity index (χ2v) is 16.2. The van der Waals surface area contributed by atoms with Crippen LogP contribution in [0.5, 0.6) is 0 Å². The fourth-order valence-electron chi connectivity index (χ4n) is 11.2. The number of ketones is 3. The summed E-state index contributed by atoms with van der Waals surface area (Å²) in [5.74, 6) is 1.30. The van der Waals surface area contributed by atoms with Gasteiger partial charge in [-0.1, -0.05) is 54.5 Å². The minimum absolute atomic E-state index is 0.0258. The Labute approximate surface area is 230 Å². The van der Waals surface area contributed by atoms with Gasteiger partial charge in [0.2, 0.25) is 5.70 Å². The molecule has 4 nitrogen and oxygen atoms in total. The molecular weight excluding hydrogens is 470 g/mol. The van der Waals surface area contributed by atoms with Crippen LogP contribution < -0.4 is 0 Å². The quantitative estimate of drug-likeness (QED) is 0.355. The van der Waals surface area contributed by atoms with Gasteiger partial charge >= 0.3 is 0 Å². The number of rotatable bonds is 3. The highest BCUT2D eigenvalue weighted by Gasteiger charge is 2.71. The molecule has 0 radical (unpaired) electrons. The predicted molar refractivity (Wildman–Crippen MR) is 150 cm³/mol. The molecule has 0 heterocycles. The van der Waals surface area contributed by atoms with Crippen LogP contribution in [0, 0.1) is 62.7 Å². The standard InChI is InChI=1S/C34H49NO3/c1-21(36)10-13-34-16-14-29(2,3)19-22(34)27-24(37)18-26-31(6)20-23(35-9)28(38)30(4,5)25(31)11-12-32(26,7)33(27,8)15-17-34/h20,22,25-27H,10-19H2,1-8H3/t22-,25?,26?,27-,31-,32+,33+,34+/m0/s1. The third-order valence-corrected chi connectivity index (χ3v) is 13.6. The van der Waals surface area contributed by atoms with Gasteiger partial charge in [-0.15, -0.1) is 0 Å². The maximum atomic E-state index is 14.6. The van der Waals surface area contributed by atoms with Crippen molar-refractivity contribution in [3.05, 3.63) is 23.2 Å². The number of carbonyl (C=O) groups excluding carboxylic acids is 3. The first-order valence-electron chi connectivity index (χ1n) is 15.1. The lowest BCUT2D eigenvalue weighted by molar-refractivity contribution is -0.223. The molecule has 0 N–H and O–H groups in total. The minimum atomic E-state index is -0.590. The van der Waals surface area contributed by atoms with E-state index in [-0.39, 0.29) is 62.1 Å². The fourth-order valence-corrected chi connectivity index (χ4v) is 11.2. The monoisotopic (exact) mass is 519 g/mol. The molecule has 5 aliphatic rings. The zero-order valence-electron chi connectivity index (χ0n) is 25.1. The third kappa shape index (κ3) is 3.55. The minimum Gasteiger partial charge on any atom is -0.307 e. The molecule has 8 atom stereocenters. The smallest absolute Gasteiger partial charge is 0.226 e. The van der Waals surface area contributed by atoms with Gasteiger partial charge in [-0.25, -0.2) is 4.85 Å². The van der Waals surface area contributed by atoms with Gasteiger partial charge in [-0.2, -0.15) is 0 Å². The number of hydrogen-bond acceptors (Lipinski definition) is 3. The Morgan fingerprint density at radius 3 is 2.24 bits per heavy atom. The van der Waals surface area contributed by atoms with Gasteiger partial charge in [0.15, 0.2) is 5.78 Å². The van der Waals surface area contributed by atoms with Gasteiger partial charge in [0, 0.05) is 24.2 Å². The van der Waals surface area contributed by atoms with E-state index in [1.165, 1.54) is 6.42 Å². The van der Waals surface area contributed by atoms with Crippen molar-refractivity contribution >= 4 is 17.3 Å². The summed E-state index contributed by atoms with van der Waals surface area (Å²) in [5, 5.41) is 0. The van der Waals surface area contributed by atoms with Gasteiger partial charge in [-0.3, -0.25) is 4.79 Å². The highest BCUT2D eigenvalue weighted by atomic mass is 16.1. The maximum Gasteiger partial charge on any atom is 0.226 e. The first-order valence-corrected chi connectivity index (χ1v) is 15.1. The first kappa shape index (κ1) is 27.8. The van der Waals surface area contributed by atoms with E-state index in [4.69, 9.17) is 6.57 Å². The van der Waals surface area contributed by atoms with Gasteiger partial charge in [0.1, 0.15) is 11.6 Å². The lowest BCUT2D eigenvalue weighted by Crippen LogP contribution is -2.68. The van der Waals surface area contributed by atoms with Crippen molar-refractivity contribution in [2.24, 2.45) is 56.2 Å². The van der Waals surface area contributed by atoms with Crippen molar-refractivity contribution in [2.75, 3.05) is 0 Å². The zero-order valence-corrected chi connectivity index (χ0v) is 25.1. The number of fused-ring (bicyclic) bond motifs is 7. The molecule has 4 heteroatoms. The van der Waals surface area contributed by atoms with Crippen LogP contribution in [0.1, 0.15) is 120 Å². The van der Waals surface area contributed by atoms with Crippen molar-refractivity contribution in [2.45, 2.75) is 120 Å². The lowest BCUT2D eigenvalue weighted by Gasteiger charge is -2.72. The summed E-state index contributed by atoms with van der Waals surface area (Å²) in [6.07, 6.45) is 11.6. The Morgan fingerprint density at radius 1 is 0.947 bits per heavy atom. The normalized spacial score (nSPS) is 47.0. The molecule has 5 rings (SSSR count). The fraction of sp³-hybridized carbons (Fsp3) is 0.824. The van der Waals surface area contributed by atoms with Crippen molar-refractivity contribution in [3.8, 4) is 0 Å². The van der Waals surface area contributed by atoms with Crippen LogP contribution in [0.2, 0.25) is 0 Å². The number of allylic oxidation sites excluding steroid dienone is 2. The molecule has 0 aromatic carbocycles. The van der Waals surface area contributed by atoms with Crippen LogP contribution in [-0.4, -0.2) is 17.3 Å². The summed E-state index contributed by atoms with van der Waals surface area (Å²) in [5.41, 5.74) is -0.496. The highest BCUT2D eigenvalue weighted by molar-refractivity contribution is 6.02. The van der Waals surface area contributed by atoms with Crippen LogP contribution in [0.4, 0.5) is 0 Å². The van der Waals surface area contributed by atoms with Crippen molar-refractivity contribution < 1.29 is 14.4 Å². The van der Waals surface area contributed by atoms with Crippen molar-refractivity contribution in [3.63, 3.8) is 0 Å². The average molecular weight is 520 g/mol. The molecule has 0 bridgehead atoms. The van der Waals surface area contributed by atoms with E-state index in [0.29, 0.717) is 24.5 Å². The topological polar surface area (TPSA) is 55.6 Å². The van der Waals surface area contributed by atoms with Crippen LogP contribution in [-0.2, 0) is 14.4 Å². The maximum absolute atomic E-state index is 14.6. The Hall–Kier alpha value is -1.76. The van der Waals surface area contributed by atoms with Crippen LogP contribution in [0.25, 0.3) is 4.85 Å². The number of Topliss-reactive ketones (excluding diaryl/α,β-unsaturated/α-hetero) is 3. The van der Waals surface area contributed by atoms with Crippen LogP contribution in [0.3, 0.4) is 0 Å². The lowest BCUT2D eigenvalue weighted by atomic mass is 9.31. The summed E-state index contributed by atoms with van der Waals surface area (Å²) in [6.45, 7) is 25.4. The van der Waals surface area contributed by atoms with E-state index < -0.39 is 5.41 Å². The van der Waals surface area contributed by atoms with E-state index in [1.54, 1.807) is 6.92 Å². The molecule has 0 aromatic rings. The van der Waals surface area contributed by atoms with Gasteiger partial charge in [0.05, 0.1) is 6.57 Å². The van der Waals surface area contributed by atoms with Crippen molar-refractivity contribution in [1.29, 1.82) is 0 Å². The van der Waals surface area contributed by atoms with Gasteiger partial charge in [0.25, 0.3) is 0 Å². The molecule has 2 unspecified atom stereocenters. The molecule has 0 amide bonds. The number of carbonyl (C=O) groups is 3. The summed E-state index contributed by atoms with van der Waals surface area (Å²) in [7, 11) is 0. The summed E-state index contributed by atoms with van der Waals surface area (Å²) in [6, 6.07) is 0. The molecule has 5 aliphatic carbocycles. The molecule has 38 heavy (non-hydrogen) atoms. The molecule has 208 valence electrons. The Balaban J connectivity index is 1.61. The number of nitrogens with zero attached hydrogens (tertiary/aromatic N) is 1. The SMILES string of the molecule is [C-]#[N+]C1=C[C@@]2(C)C(CC[C@]3(C)C2CC(=O)[C@@H]2[C@@H]4CC(C)(C)CC[C@]4(CCC(C)=O)CC[C@]23C)C(C)(C)C1=O. The molecule has 0 spiro atoms. The van der Waals surface area contributed by atoms with Crippen LogP contribution in [0.15, 0.2) is 11.8 Å². The second-order valence-electron chi connectivity index (χ2n) is 16.2. The summed E-state index contributed by atoms with van der Waals surface area (Å²) >= 11 is 0. The molecule has 0 aliphatic heterocycles. The summed E-state index contributed by atoms with van der Waals surface area (Å²) < 4.78 is 0. The Morgan fingerprint density at radius 2 is 1.61 bits per heavy atom. The zero-order chi connectivity index (χ0) is 28.1. The van der Waals surface area contributed by atoms with E-state index in [1.807, 2.05) is 19.9 Å². The Bertz CT molecular complexity index is 1150. The largest absolute Gasteiger partial charge is 0.307 e. The van der Waals surface area contributed by atoms with Crippen molar-refractivity contribution in [1.82, 2.24) is 0 Å². The van der Waals surface area contributed by atoms with E-state index in [0.717, 1.165) is 44.9 Å². The van der Waals surface area contributed by atoms with Gasteiger partial charge < -0.3 is 9.59 Å². The molecule has 4 fully saturated rings. The predicted octanol–water partition coefficient (Wildman–Crippen LogP) is 8.01. The van der Waals surface area contributed by atoms with Gasteiger partial charge in [-0.05, 0) is 103 Å². The molecule has 4 saturated carbocycles. The van der Waals surface area contributed by atoms with E-state index in [9.17, 15) is 14.4 Å². The van der Waals surface area contributed by atoms with Crippen LogP contribution >= 0.6 is 0 Å². The molecule has 0 aromatic heterocycles. The Kier molecular flexibility index (Phi) is 6.12. The average Bonchev–Trinajstić information content (AvgIpc) is 2.82. The third-order valence-electron chi connectivity index (χ3n) is 13.6. The van der Waals surface area contributed by atoms with E-state index in [2.05, 4.69) is 39.5 Å². The number of hydrogen-bond donors (Lipinski definition) is 0. The molecule has 0 saturated heterocycles. The molecular formula is C34H49NO3. The van der Waals surface area contributed by atoms with E-state index >= 15 is 0 Å².